The number of aliphatic hydroxyl groups is 5. The molecule has 1 rings (SSSR count). The summed E-state index contributed by atoms with van der Waals surface area (Å²) in [5.74, 6) is -1.20. The molecule has 8 unspecified atom stereocenters. The second kappa shape index (κ2) is 48.6. The highest BCUT2D eigenvalue weighted by Gasteiger charge is 2.47. The summed E-state index contributed by atoms with van der Waals surface area (Å²) in [6, 6.07) is -1.02. The van der Waals surface area contributed by atoms with Crippen LogP contribution in [-0.2, 0) is 23.8 Å². The van der Waals surface area contributed by atoms with Crippen molar-refractivity contribution in [2.45, 2.75) is 307 Å². The molecule has 1 fully saturated rings. The fourth-order valence-electron chi connectivity index (χ4n) is 9.01. The Morgan fingerprint density at radius 3 is 1.48 bits per heavy atom. The predicted octanol–water partition coefficient (Wildman–Crippen LogP) is 13.3. The van der Waals surface area contributed by atoms with E-state index in [0.29, 0.717) is 12.8 Å². The van der Waals surface area contributed by atoms with Crippen molar-refractivity contribution < 1.29 is 49.3 Å². The van der Waals surface area contributed by atoms with E-state index in [9.17, 15) is 35.1 Å². The Morgan fingerprint density at radius 1 is 0.549 bits per heavy atom. The molecule has 71 heavy (non-hydrogen) atoms. The topological polar surface area (TPSA) is 175 Å². The number of hydrogen-bond donors (Lipinski definition) is 6. The Balaban J connectivity index is 2.68. The first-order valence-corrected chi connectivity index (χ1v) is 29.4. The summed E-state index contributed by atoms with van der Waals surface area (Å²) in [6.07, 6.45) is 47.3. The molecule has 0 spiro atoms. The summed E-state index contributed by atoms with van der Waals surface area (Å²) in [6.45, 7) is 5.73. The fourth-order valence-corrected chi connectivity index (χ4v) is 9.01. The van der Waals surface area contributed by atoms with Crippen LogP contribution in [0.2, 0.25) is 0 Å². The Bertz CT molecular complexity index is 1340. The van der Waals surface area contributed by atoms with Crippen molar-refractivity contribution >= 4 is 11.9 Å². The minimum Gasteiger partial charge on any atom is -0.454 e. The van der Waals surface area contributed by atoms with Crippen LogP contribution in [0.3, 0.4) is 0 Å². The highest BCUT2D eigenvalue weighted by Crippen LogP contribution is 2.26. The van der Waals surface area contributed by atoms with Crippen LogP contribution in [0.15, 0.2) is 48.6 Å². The minimum atomic E-state index is -1.61. The van der Waals surface area contributed by atoms with Crippen LogP contribution in [0.25, 0.3) is 0 Å². The first-order chi connectivity index (χ1) is 34.7. The van der Waals surface area contributed by atoms with Crippen molar-refractivity contribution in [3.63, 3.8) is 0 Å². The first kappa shape index (κ1) is 66.6. The number of carbonyl (C=O) groups is 2. The maximum atomic E-state index is 13.4. The third-order valence-corrected chi connectivity index (χ3v) is 13.7. The van der Waals surface area contributed by atoms with Crippen molar-refractivity contribution in [2.24, 2.45) is 0 Å². The van der Waals surface area contributed by atoms with E-state index in [0.717, 1.165) is 83.5 Å². The molecule has 0 aromatic carbocycles. The van der Waals surface area contributed by atoms with E-state index in [1.165, 1.54) is 128 Å². The SMILES string of the molecule is CCCCC/C=C\C/C=C\C/C=C\CCCCCCCCCC(O)C(=O)NC(COC1OC(CO)C(O)C(O)C1OC(=O)CCCCCCCCCCCCC)C(O)/C=C/CCCCCCCCCCC. The van der Waals surface area contributed by atoms with Crippen molar-refractivity contribution in [3.8, 4) is 0 Å². The Morgan fingerprint density at radius 2 is 0.972 bits per heavy atom. The number of ether oxygens (including phenoxy) is 3. The van der Waals surface area contributed by atoms with Crippen LogP contribution >= 0.6 is 0 Å². The van der Waals surface area contributed by atoms with Crippen LogP contribution in [-0.4, -0.2) is 99.6 Å². The second-order valence-electron chi connectivity index (χ2n) is 20.4. The molecule has 11 heteroatoms. The molecule has 0 aliphatic carbocycles. The minimum absolute atomic E-state index is 0.125. The highest BCUT2D eigenvalue weighted by atomic mass is 16.7. The number of hydrogen-bond acceptors (Lipinski definition) is 10. The molecule has 0 aromatic rings. The van der Waals surface area contributed by atoms with Crippen LogP contribution in [0, 0.1) is 0 Å². The third-order valence-electron chi connectivity index (χ3n) is 13.7. The van der Waals surface area contributed by atoms with Crippen LogP contribution in [0.1, 0.15) is 258 Å². The summed E-state index contributed by atoms with van der Waals surface area (Å²) >= 11 is 0. The average Bonchev–Trinajstić information content (AvgIpc) is 3.37. The van der Waals surface area contributed by atoms with E-state index in [1.54, 1.807) is 6.08 Å². The normalized spacial score (nSPS) is 19.9. The summed E-state index contributed by atoms with van der Waals surface area (Å²) < 4.78 is 17.5. The number of carbonyl (C=O) groups excluding carboxylic acids is 2. The molecule has 414 valence electrons. The summed E-state index contributed by atoms with van der Waals surface area (Å²) in [5.41, 5.74) is 0. The zero-order valence-corrected chi connectivity index (χ0v) is 45.6. The molecule has 11 nitrogen and oxygen atoms in total. The molecule has 0 bridgehead atoms. The monoisotopic (exact) mass is 1000 g/mol. The molecule has 1 heterocycles. The number of esters is 1. The van der Waals surface area contributed by atoms with Crippen molar-refractivity contribution in [2.75, 3.05) is 13.2 Å². The van der Waals surface area contributed by atoms with Gasteiger partial charge in [0.05, 0.1) is 25.4 Å². The van der Waals surface area contributed by atoms with E-state index >= 15 is 0 Å². The molecular weight excluding hydrogens is 895 g/mol. The summed E-state index contributed by atoms with van der Waals surface area (Å²) in [4.78, 5) is 26.4. The standard InChI is InChI=1S/C60H109NO10/c1-4-7-10-13-16-19-22-23-24-25-26-27-28-29-30-33-35-38-41-44-47-53(64)59(68)61-51(52(63)46-43-40-37-34-31-20-17-14-11-8-5-2)50-69-60-58(57(67)56(66)54(49-62)70-60)71-55(65)48-45-42-39-36-32-21-18-15-12-9-6-3/h16,19,23-24,26-27,43,46,51-54,56-58,60,62-64,66-67H,4-15,17-18,20-22,25,28-42,44-45,47-50H2,1-3H3,(H,61,68)/b19-16-,24-23-,27-26-,46-43+. The second-order valence-corrected chi connectivity index (χ2v) is 20.4. The maximum Gasteiger partial charge on any atom is 0.306 e. The quantitative estimate of drug-likeness (QED) is 0.0195. The molecule has 0 saturated carbocycles. The van der Waals surface area contributed by atoms with Gasteiger partial charge in [-0.05, 0) is 64.2 Å². The average molecular weight is 1000 g/mol. The Hall–Kier alpha value is -2.38. The van der Waals surface area contributed by atoms with Gasteiger partial charge in [-0.25, -0.2) is 0 Å². The largest absolute Gasteiger partial charge is 0.454 e. The number of rotatable bonds is 49. The van der Waals surface area contributed by atoms with Crippen LogP contribution in [0.4, 0.5) is 0 Å². The van der Waals surface area contributed by atoms with Gasteiger partial charge in [0.15, 0.2) is 12.4 Å². The van der Waals surface area contributed by atoms with Crippen molar-refractivity contribution in [1.29, 1.82) is 0 Å². The molecule has 1 amide bonds. The first-order valence-electron chi connectivity index (χ1n) is 29.4. The summed E-state index contributed by atoms with van der Waals surface area (Å²) in [5, 5.41) is 56.8. The zero-order valence-electron chi connectivity index (χ0n) is 45.6. The highest BCUT2D eigenvalue weighted by molar-refractivity contribution is 5.80. The molecule has 1 aliphatic rings. The Kier molecular flexibility index (Phi) is 45.6. The van der Waals surface area contributed by atoms with Gasteiger partial charge in [0.2, 0.25) is 5.91 Å². The smallest absolute Gasteiger partial charge is 0.306 e. The van der Waals surface area contributed by atoms with Crippen molar-refractivity contribution in [1.82, 2.24) is 5.32 Å². The van der Waals surface area contributed by atoms with Crippen LogP contribution in [0.5, 0.6) is 0 Å². The number of amides is 1. The summed E-state index contributed by atoms with van der Waals surface area (Å²) in [7, 11) is 0. The lowest BCUT2D eigenvalue weighted by Crippen LogP contribution is -2.61. The molecular formula is C60H109NO10. The predicted molar refractivity (Wildman–Crippen MR) is 292 cm³/mol. The van der Waals surface area contributed by atoms with E-state index in [1.807, 2.05) is 6.08 Å². The molecule has 1 aliphatic heterocycles. The molecule has 1 saturated heterocycles. The van der Waals surface area contributed by atoms with Gasteiger partial charge in [-0.15, -0.1) is 0 Å². The van der Waals surface area contributed by atoms with Gasteiger partial charge in [-0.3, -0.25) is 9.59 Å². The van der Waals surface area contributed by atoms with Gasteiger partial charge in [0.1, 0.15) is 24.4 Å². The number of allylic oxidation sites excluding steroid dienone is 7. The van der Waals surface area contributed by atoms with Gasteiger partial charge in [0.25, 0.3) is 0 Å². The zero-order chi connectivity index (χ0) is 51.8. The molecule has 6 N–H and O–H groups in total. The maximum absolute atomic E-state index is 13.4. The van der Waals surface area contributed by atoms with Gasteiger partial charge >= 0.3 is 5.97 Å². The van der Waals surface area contributed by atoms with Gasteiger partial charge in [0, 0.05) is 6.42 Å². The van der Waals surface area contributed by atoms with E-state index in [4.69, 9.17) is 14.2 Å². The Labute approximate surface area is 434 Å². The van der Waals surface area contributed by atoms with Gasteiger partial charge in [-0.2, -0.15) is 0 Å². The number of nitrogens with one attached hydrogen (secondary N) is 1. The third kappa shape index (κ3) is 37.1. The number of unbranched alkanes of at least 4 members (excludes halogenated alkanes) is 29. The number of aliphatic hydroxyl groups excluding tert-OH is 5. The lowest BCUT2D eigenvalue weighted by molar-refractivity contribution is -0.305. The van der Waals surface area contributed by atoms with Crippen LogP contribution < -0.4 is 5.32 Å². The van der Waals surface area contributed by atoms with Gasteiger partial charge < -0.3 is 45.1 Å². The fraction of sp³-hybridized carbons (Fsp3) is 0.833. The van der Waals surface area contributed by atoms with Crippen molar-refractivity contribution in [3.05, 3.63) is 48.6 Å². The van der Waals surface area contributed by atoms with E-state index in [-0.39, 0.29) is 19.4 Å². The lowest BCUT2D eigenvalue weighted by atomic mass is 9.99. The van der Waals surface area contributed by atoms with Gasteiger partial charge in [-0.1, -0.05) is 236 Å². The van der Waals surface area contributed by atoms with E-state index in [2.05, 4.69) is 62.5 Å². The molecule has 0 radical (unpaired) electrons. The van der Waals surface area contributed by atoms with E-state index < -0.39 is 67.4 Å². The molecule has 0 aromatic heterocycles. The molecule has 8 atom stereocenters. The lowest BCUT2D eigenvalue weighted by Gasteiger charge is -2.41.